The van der Waals surface area contributed by atoms with Gasteiger partial charge in [-0.15, -0.1) is 0 Å². The van der Waals surface area contributed by atoms with Gasteiger partial charge >= 0.3 is 5.97 Å². The zero-order valence-electron chi connectivity index (χ0n) is 8.91. The zero-order valence-corrected chi connectivity index (χ0v) is 8.91. The third kappa shape index (κ3) is 2.96. The van der Waals surface area contributed by atoms with E-state index in [1.54, 1.807) is 0 Å². The minimum atomic E-state index is -0.655. The van der Waals surface area contributed by atoms with Crippen molar-refractivity contribution < 1.29 is 14.3 Å². The minimum absolute atomic E-state index is 0.0777. The molecule has 0 aromatic heterocycles. The molecule has 2 N–H and O–H groups in total. The molecule has 1 rings (SSSR count). The van der Waals surface area contributed by atoms with E-state index in [0.717, 1.165) is 12.8 Å². The Morgan fingerprint density at radius 2 is 2.07 bits per heavy atom. The number of rotatable bonds is 4. The van der Waals surface area contributed by atoms with E-state index in [4.69, 9.17) is 10.5 Å². The fourth-order valence-corrected chi connectivity index (χ4v) is 1.78. The van der Waals surface area contributed by atoms with Gasteiger partial charge in [-0.3, -0.25) is 4.79 Å². The highest BCUT2D eigenvalue weighted by Crippen LogP contribution is 2.32. The summed E-state index contributed by atoms with van der Waals surface area (Å²) < 4.78 is 10.2. The van der Waals surface area contributed by atoms with Crippen molar-refractivity contribution in [3.8, 4) is 0 Å². The van der Waals surface area contributed by atoms with Crippen molar-refractivity contribution in [1.29, 1.82) is 0 Å². The van der Waals surface area contributed by atoms with Crippen molar-refractivity contribution in [3.05, 3.63) is 0 Å². The van der Waals surface area contributed by atoms with Crippen LogP contribution in [0.4, 0.5) is 0 Å². The van der Waals surface area contributed by atoms with Crippen LogP contribution in [0.2, 0.25) is 0 Å². The number of hydrogen-bond acceptors (Lipinski definition) is 4. The second-order valence-electron chi connectivity index (χ2n) is 4.10. The van der Waals surface area contributed by atoms with Gasteiger partial charge in [0, 0.05) is 0 Å². The SMILES string of the molecule is COC(=O)C(N)COC1(C)CCCC1. The third-order valence-electron chi connectivity index (χ3n) is 2.78. The van der Waals surface area contributed by atoms with Crippen LogP contribution in [-0.2, 0) is 14.3 Å². The van der Waals surface area contributed by atoms with Crippen LogP contribution in [0.15, 0.2) is 0 Å². The number of carbonyl (C=O) groups is 1. The van der Waals surface area contributed by atoms with Crippen molar-refractivity contribution in [2.45, 2.75) is 44.2 Å². The number of methoxy groups -OCH3 is 1. The van der Waals surface area contributed by atoms with E-state index in [1.165, 1.54) is 20.0 Å². The fourth-order valence-electron chi connectivity index (χ4n) is 1.78. The fraction of sp³-hybridized carbons (Fsp3) is 0.900. The molecule has 1 atom stereocenters. The summed E-state index contributed by atoms with van der Waals surface area (Å²) >= 11 is 0. The highest BCUT2D eigenvalue weighted by Gasteiger charge is 2.30. The Labute approximate surface area is 84.7 Å². The molecule has 0 bridgehead atoms. The Kier molecular flexibility index (Phi) is 3.89. The molecule has 1 fully saturated rings. The van der Waals surface area contributed by atoms with Crippen molar-refractivity contribution in [1.82, 2.24) is 0 Å². The molecule has 1 aliphatic carbocycles. The zero-order chi connectivity index (χ0) is 10.6. The summed E-state index contributed by atoms with van der Waals surface area (Å²) in [7, 11) is 1.33. The van der Waals surface area contributed by atoms with E-state index in [9.17, 15) is 4.79 Å². The van der Waals surface area contributed by atoms with E-state index in [0.29, 0.717) is 0 Å². The molecule has 1 aliphatic rings. The number of ether oxygens (including phenoxy) is 2. The quantitative estimate of drug-likeness (QED) is 0.684. The summed E-state index contributed by atoms with van der Waals surface area (Å²) in [5, 5.41) is 0. The highest BCUT2D eigenvalue weighted by atomic mass is 16.5. The summed E-state index contributed by atoms with van der Waals surface area (Å²) in [6.07, 6.45) is 4.51. The van der Waals surface area contributed by atoms with Gasteiger partial charge < -0.3 is 15.2 Å². The molecule has 0 radical (unpaired) electrons. The van der Waals surface area contributed by atoms with E-state index in [1.807, 2.05) is 0 Å². The van der Waals surface area contributed by atoms with Crippen molar-refractivity contribution in [3.63, 3.8) is 0 Å². The van der Waals surface area contributed by atoms with Crippen LogP contribution in [0.5, 0.6) is 0 Å². The number of esters is 1. The van der Waals surface area contributed by atoms with Crippen LogP contribution in [0, 0.1) is 0 Å². The molecule has 0 aliphatic heterocycles. The van der Waals surface area contributed by atoms with Crippen molar-refractivity contribution >= 4 is 5.97 Å². The van der Waals surface area contributed by atoms with Gasteiger partial charge in [0.25, 0.3) is 0 Å². The molecule has 0 aromatic carbocycles. The van der Waals surface area contributed by atoms with E-state index < -0.39 is 12.0 Å². The number of hydrogen-bond donors (Lipinski definition) is 1. The monoisotopic (exact) mass is 201 g/mol. The molecule has 0 aromatic rings. The first-order valence-electron chi connectivity index (χ1n) is 5.05. The van der Waals surface area contributed by atoms with E-state index >= 15 is 0 Å². The van der Waals surface area contributed by atoms with Gasteiger partial charge in [0.2, 0.25) is 0 Å². The average molecular weight is 201 g/mol. The average Bonchev–Trinajstić information content (AvgIpc) is 2.61. The molecule has 1 saturated carbocycles. The minimum Gasteiger partial charge on any atom is -0.468 e. The van der Waals surface area contributed by atoms with Crippen LogP contribution >= 0.6 is 0 Å². The van der Waals surface area contributed by atoms with Crippen LogP contribution < -0.4 is 5.73 Å². The van der Waals surface area contributed by atoms with Gasteiger partial charge in [-0.25, -0.2) is 0 Å². The van der Waals surface area contributed by atoms with Crippen LogP contribution in [0.3, 0.4) is 0 Å². The lowest BCUT2D eigenvalue weighted by Gasteiger charge is -2.25. The lowest BCUT2D eigenvalue weighted by atomic mass is 10.1. The second-order valence-corrected chi connectivity index (χ2v) is 4.10. The lowest BCUT2D eigenvalue weighted by Crippen LogP contribution is -2.39. The van der Waals surface area contributed by atoms with Crippen molar-refractivity contribution in [2.24, 2.45) is 5.73 Å². The maximum Gasteiger partial charge on any atom is 0.325 e. The normalized spacial score (nSPS) is 21.9. The van der Waals surface area contributed by atoms with E-state index in [2.05, 4.69) is 11.7 Å². The summed E-state index contributed by atoms with van der Waals surface area (Å²) in [6.45, 7) is 2.33. The topological polar surface area (TPSA) is 61.5 Å². The molecule has 0 heterocycles. The molecular weight excluding hydrogens is 182 g/mol. The number of nitrogens with two attached hydrogens (primary N) is 1. The lowest BCUT2D eigenvalue weighted by molar-refractivity contribution is -0.145. The van der Waals surface area contributed by atoms with Crippen LogP contribution in [-0.4, -0.2) is 31.3 Å². The van der Waals surface area contributed by atoms with E-state index in [-0.39, 0.29) is 12.2 Å². The Morgan fingerprint density at radius 1 is 1.50 bits per heavy atom. The summed E-state index contributed by atoms with van der Waals surface area (Å²) in [5.74, 6) is -0.411. The van der Waals surface area contributed by atoms with Gasteiger partial charge in [-0.05, 0) is 19.8 Å². The van der Waals surface area contributed by atoms with Gasteiger partial charge in [0.1, 0.15) is 6.04 Å². The van der Waals surface area contributed by atoms with Gasteiger partial charge in [-0.1, -0.05) is 12.8 Å². The standard InChI is InChI=1S/C10H19NO3/c1-10(5-3-4-6-10)14-7-8(11)9(12)13-2/h8H,3-7,11H2,1-2H3. The molecule has 14 heavy (non-hydrogen) atoms. The second kappa shape index (κ2) is 4.75. The maximum atomic E-state index is 11.0. The molecule has 0 spiro atoms. The maximum absolute atomic E-state index is 11.0. The van der Waals surface area contributed by atoms with Gasteiger partial charge in [0.15, 0.2) is 0 Å². The molecule has 82 valence electrons. The molecule has 0 amide bonds. The van der Waals surface area contributed by atoms with Crippen molar-refractivity contribution in [2.75, 3.05) is 13.7 Å². The molecule has 4 nitrogen and oxygen atoms in total. The number of carbonyl (C=O) groups excluding carboxylic acids is 1. The smallest absolute Gasteiger partial charge is 0.325 e. The largest absolute Gasteiger partial charge is 0.468 e. The summed E-state index contributed by atoms with van der Waals surface area (Å²) in [5.41, 5.74) is 5.49. The van der Waals surface area contributed by atoms with Crippen LogP contribution in [0.25, 0.3) is 0 Å². The Hall–Kier alpha value is -0.610. The first-order valence-corrected chi connectivity index (χ1v) is 5.05. The van der Waals surface area contributed by atoms with Gasteiger partial charge in [-0.2, -0.15) is 0 Å². The van der Waals surface area contributed by atoms with Crippen LogP contribution in [0.1, 0.15) is 32.6 Å². The molecular formula is C10H19NO3. The Bertz CT molecular complexity index is 200. The molecule has 1 unspecified atom stereocenters. The Morgan fingerprint density at radius 3 is 2.57 bits per heavy atom. The first kappa shape index (κ1) is 11.5. The third-order valence-corrected chi connectivity index (χ3v) is 2.78. The first-order chi connectivity index (χ1) is 6.57. The van der Waals surface area contributed by atoms with Gasteiger partial charge in [0.05, 0.1) is 19.3 Å². The summed E-state index contributed by atoms with van der Waals surface area (Å²) in [6, 6.07) is -0.655. The Balaban J connectivity index is 2.28. The predicted molar refractivity (Wildman–Crippen MR) is 52.8 cm³/mol. The predicted octanol–water partition coefficient (Wildman–Crippen LogP) is 0.836. The highest BCUT2D eigenvalue weighted by molar-refractivity contribution is 5.75. The molecule has 0 saturated heterocycles. The summed E-state index contributed by atoms with van der Waals surface area (Å²) in [4.78, 5) is 11.0. The molecule has 4 heteroatoms.